The van der Waals surface area contributed by atoms with E-state index < -0.39 is 0 Å². The number of aldehydes is 1. The van der Waals surface area contributed by atoms with E-state index in [1.807, 2.05) is 0 Å². The molecule has 0 unspecified atom stereocenters. The van der Waals surface area contributed by atoms with Crippen LogP contribution in [-0.4, -0.2) is 12.1 Å². The largest absolute Gasteiger partial charge is 0.298 e. The number of hydrogen-bond donors (Lipinski definition) is 0. The Morgan fingerprint density at radius 1 is 1.29 bits per heavy atom. The van der Waals surface area contributed by atoms with E-state index in [4.69, 9.17) is 0 Å². The van der Waals surface area contributed by atoms with Crippen LogP contribution in [0.4, 0.5) is 4.39 Å². The molecule has 0 amide bonds. The Morgan fingerprint density at radius 2 is 1.94 bits per heavy atom. The van der Waals surface area contributed by atoms with Crippen molar-refractivity contribution in [1.29, 1.82) is 0 Å². The molecule has 0 N–H and O–H groups in total. The fourth-order valence-electron chi connectivity index (χ4n) is 1.47. The monoisotopic (exact) mass is 248 g/mol. The number of benzene rings is 1. The van der Waals surface area contributed by atoms with Crippen molar-refractivity contribution in [2.24, 2.45) is 0 Å². The number of carbonyl (C=O) groups is 2. The van der Waals surface area contributed by atoms with Crippen LogP contribution in [-0.2, 0) is 0 Å². The minimum absolute atomic E-state index is 0.189. The Bertz CT molecular complexity index is 570. The van der Waals surface area contributed by atoms with Crippen molar-refractivity contribution in [3.63, 3.8) is 0 Å². The molecule has 2 nitrogen and oxygen atoms in total. The van der Waals surface area contributed by atoms with E-state index in [-0.39, 0.29) is 11.6 Å². The Labute approximate surface area is 102 Å². The molecule has 0 fully saturated rings. The SMILES string of the molecule is Cc1sc(C(=O)c2ccc(F)cc2)cc1C=O. The third-order valence-corrected chi connectivity index (χ3v) is 3.48. The van der Waals surface area contributed by atoms with E-state index in [0.29, 0.717) is 16.0 Å². The summed E-state index contributed by atoms with van der Waals surface area (Å²) in [4.78, 5) is 24.0. The number of rotatable bonds is 3. The summed E-state index contributed by atoms with van der Waals surface area (Å²) in [5.41, 5.74) is 0.950. The fraction of sp³-hybridized carbons (Fsp3) is 0.0769. The molecule has 86 valence electrons. The van der Waals surface area contributed by atoms with Crippen LogP contribution in [0.15, 0.2) is 30.3 Å². The van der Waals surface area contributed by atoms with Crippen LogP contribution in [0.1, 0.15) is 30.5 Å². The summed E-state index contributed by atoms with van der Waals surface area (Å²) in [7, 11) is 0. The zero-order valence-electron chi connectivity index (χ0n) is 9.07. The molecule has 0 saturated heterocycles. The number of aryl methyl sites for hydroxylation is 1. The Morgan fingerprint density at radius 3 is 2.47 bits per heavy atom. The summed E-state index contributed by atoms with van der Waals surface area (Å²) < 4.78 is 12.7. The second-order valence-corrected chi connectivity index (χ2v) is 4.83. The van der Waals surface area contributed by atoms with Gasteiger partial charge in [0.1, 0.15) is 5.82 Å². The summed E-state index contributed by atoms with van der Waals surface area (Å²) >= 11 is 1.27. The number of ketones is 1. The second-order valence-electron chi connectivity index (χ2n) is 3.58. The van der Waals surface area contributed by atoms with Crippen LogP contribution in [0.3, 0.4) is 0 Å². The number of thiophene rings is 1. The van der Waals surface area contributed by atoms with Gasteiger partial charge in [0.2, 0.25) is 5.78 Å². The van der Waals surface area contributed by atoms with Crippen LogP contribution in [0.25, 0.3) is 0 Å². The number of hydrogen-bond acceptors (Lipinski definition) is 3. The van der Waals surface area contributed by atoms with Crippen LogP contribution >= 0.6 is 11.3 Å². The van der Waals surface area contributed by atoms with Gasteiger partial charge in [-0.05, 0) is 37.3 Å². The average Bonchev–Trinajstić information content (AvgIpc) is 2.70. The highest BCUT2D eigenvalue weighted by Crippen LogP contribution is 2.23. The third-order valence-electron chi connectivity index (χ3n) is 2.41. The molecule has 0 aliphatic carbocycles. The van der Waals surface area contributed by atoms with Gasteiger partial charge in [0, 0.05) is 16.0 Å². The van der Waals surface area contributed by atoms with Gasteiger partial charge in [0.15, 0.2) is 6.29 Å². The number of carbonyl (C=O) groups excluding carboxylic acids is 2. The molecular weight excluding hydrogens is 239 g/mol. The topological polar surface area (TPSA) is 34.1 Å². The van der Waals surface area contributed by atoms with Crippen molar-refractivity contribution >= 4 is 23.4 Å². The molecule has 4 heteroatoms. The van der Waals surface area contributed by atoms with Gasteiger partial charge in [0.25, 0.3) is 0 Å². The maximum atomic E-state index is 12.7. The highest BCUT2D eigenvalue weighted by molar-refractivity contribution is 7.14. The Hall–Kier alpha value is -1.81. The minimum Gasteiger partial charge on any atom is -0.298 e. The van der Waals surface area contributed by atoms with Crippen molar-refractivity contribution in [3.8, 4) is 0 Å². The van der Waals surface area contributed by atoms with Gasteiger partial charge in [0.05, 0.1) is 4.88 Å². The number of halogens is 1. The first kappa shape index (κ1) is 11.7. The summed E-state index contributed by atoms with van der Waals surface area (Å²) in [5.74, 6) is -0.566. The van der Waals surface area contributed by atoms with Crippen molar-refractivity contribution in [1.82, 2.24) is 0 Å². The molecule has 1 heterocycles. The van der Waals surface area contributed by atoms with Crippen molar-refractivity contribution < 1.29 is 14.0 Å². The van der Waals surface area contributed by atoms with E-state index in [2.05, 4.69) is 0 Å². The van der Waals surface area contributed by atoms with Gasteiger partial charge >= 0.3 is 0 Å². The first-order valence-electron chi connectivity index (χ1n) is 4.97. The summed E-state index contributed by atoms with van der Waals surface area (Å²) in [6.07, 6.45) is 0.729. The molecule has 1 aromatic heterocycles. The van der Waals surface area contributed by atoms with E-state index >= 15 is 0 Å². The molecule has 2 aromatic rings. The van der Waals surface area contributed by atoms with Crippen LogP contribution in [0.5, 0.6) is 0 Å². The normalized spacial score (nSPS) is 10.2. The van der Waals surface area contributed by atoms with Gasteiger partial charge in [-0.25, -0.2) is 4.39 Å². The van der Waals surface area contributed by atoms with Gasteiger partial charge in [-0.3, -0.25) is 9.59 Å². The summed E-state index contributed by atoms with van der Waals surface area (Å²) in [6.45, 7) is 1.79. The van der Waals surface area contributed by atoms with Gasteiger partial charge in [-0.2, -0.15) is 0 Å². The molecule has 0 bridgehead atoms. The van der Waals surface area contributed by atoms with E-state index in [0.717, 1.165) is 11.2 Å². The molecule has 1 aromatic carbocycles. The summed E-state index contributed by atoms with van der Waals surface area (Å²) in [6, 6.07) is 6.93. The van der Waals surface area contributed by atoms with Crippen molar-refractivity contribution in [2.75, 3.05) is 0 Å². The average molecular weight is 248 g/mol. The highest BCUT2D eigenvalue weighted by atomic mass is 32.1. The van der Waals surface area contributed by atoms with Crippen LogP contribution in [0.2, 0.25) is 0 Å². The van der Waals surface area contributed by atoms with Gasteiger partial charge in [-0.1, -0.05) is 0 Å². The predicted molar refractivity (Wildman–Crippen MR) is 64.3 cm³/mol. The summed E-state index contributed by atoms with van der Waals surface area (Å²) in [5, 5.41) is 0. The lowest BCUT2D eigenvalue weighted by Crippen LogP contribution is -1.98. The van der Waals surface area contributed by atoms with E-state index in [1.54, 1.807) is 13.0 Å². The zero-order valence-corrected chi connectivity index (χ0v) is 9.88. The molecule has 17 heavy (non-hydrogen) atoms. The highest BCUT2D eigenvalue weighted by Gasteiger charge is 2.14. The second kappa shape index (κ2) is 4.59. The predicted octanol–water partition coefficient (Wildman–Crippen LogP) is 3.24. The lowest BCUT2D eigenvalue weighted by atomic mass is 10.1. The maximum absolute atomic E-state index is 12.7. The first-order valence-corrected chi connectivity index (χ1v) is 5.79. The third kappa shape index (κ3) is 2.31. The molecule has 0 saturated carbocycles. The van der Waals surface area contributed by atoms with Gasteiger partial charge < -0.3 is 0 Å². The van der Waals surface area contributed by atoms with Crippen LogP contribution < -0.4 is 0 Å². The first-order chi connectivity index (χ1) is 8.11. The molecule has 0 atom stereocenters. The zero-order chi connectivity index (χ0) is 12.4. The smallest absolute Gasteiger partial charge is 0.202 e. The minimum atomic E-state index is -0.377. The molecule has 0 aliphatic heterocycles. The molecular formula is C13H9FO2S. The Kier molecular flexibility index (Phi) is 3.15. The molecule has 0 radical (unpaired) electrons. The van der Waals surface area contributed by atoms with E-state index in [1.165, 1.54) is 35.6 Å². The standard InChI is InChI=1S/C13H9FO2S/c1-8-10(7-15)6-12(17-8)13(16)9-2-4-11(14)5-3-9/h2-7H,1H3. The molecule has 0 spiro atoms. The fourth-order valence-corrected chi connectivity index (χ4v) is 2.42. The van der Waals surface area contributed by atoms with Gasteiger partial charge in [-0.15, -0.1) is 11.3 Å². The van der Waals surface area contributed by atoms with Crippen molar-refractivity contribution in [2.45, 2.75) is 6.92 Å². The molecule has 2 rings (SSSR count). The lowest BCUT2D eigenvalue weighted by Gasteiger charge is -1.97. The van der Waals surface area contributed by atoms with Crippen molar-refractivity contribution in [3.05, 3.63) is 57.0 Å². The molecule has 0 aliphatic rings. The maximum Gasteiger partial charge on any atom is 0.202 e. The lowest BCUT2D eigenvalue weighted by molar-refractivity contribution is 0.104. The van der Waals surface area contributed by atoms with Crippen LogP contribution in [0, 0.1) is 12.7 Å². The van der Waals surface area contributed by atoms with E-state index in [9.17, 15) is 14.0 Å². The Balaban J connectivity index is 2.36. The quantitative estimate of drug-likeness (QED) is 0.617.